The van der Waals surface area contributed by atoms with Crippen molar-refractivity contribution in [2.45, 2.75) is 70.7 Å². The molecule has 0 aliphatic rings. The molecule has 0 atom stereocenters. The predicted molar refractivity (Wildman–Crippen MR) is 149 cm³/mol. The van der Waals surface area contributed by atoms with Crippen LogP contribution in [0.25, 0.3) is 0 Å². The number of sulfonamides is 1. The monoisotopic (exact) mass is 598 g/mol. The van der Waals surface area contributed by atoms with Crippen LogP contribution in [-0.2, 0) is 27.8 Å². The maximum atomic E-state index is 15.3. The van der Waals surface area contributed by atoms with Gasteiger partial charge in [-0.05, 0) is 72.4 Å². The van der Waals surface area contributed by atoms with Gasteiger partial charge in [-0.2, -0.15) is 0 Å². The van der Waals surface area contributed by atoms with Crippen LogP contribution in [0.4, 0.5) is 29.5 Å². The van der Waals surface area contributed by atoms with Gasteiger partial charge in [0.15, 0.2) is 10.7 Å². The molecular weight excluding hydrogens is 565 g/mol. The Hall–Kier alpha value is -3.16. The fourth-order valence-corrected chi connectivity index (χ4v) is 5.51. The molecule has 3 rings (SSSR count). The molecule has 13 heteroatoms. The maximum Gasteiger partial charge on any atom is 0.430 e. The van der Waals surface area contributed by atoms with Crippen LogP contribution in [0.3, 0.4) is 0 Å². The van der Waals surface area contributed by atoms with E-state index in [1.165, 1.54) is 37.7 Å². The molecule has 0 saturated heterocycles. The van der Waals surface area contributed by atoms with Crippen molar-refractivity contribution in [1.82, 2.24) is 9.88 Å². The maximum absolute atomic E-state index is 15.3. The minimum Gasteiger partial charge on any atom is -0.443 e. The summed E-state index contributed by atoms with van der Waals surface area (Å²) in [7, 11) is -3.22. The first-order valence-corrected chi connectivity index (χ1v) is 14.7. The number of carbonyl (C=O) groups is 1. The van der Waals surface area contributed by atoms with Gasteiger partial charge in [-0.3, -0.25) is 4.90 Å². The summed E-state index contributed by atoms with van der Waals surface area (Å²) < 4.78 is 77.4. The number of halogens is 3. The van der Waals surface area contributed by atoms with Gasteiger partial charge >= 0.3 is 6.09 Å². The number of aromatic nitrogens is 1. The van der Waals surface area contributed by atoms with E-state index in [2.05, 4.69) is 10.3 Å². The van der Waals surface area contributed by atoms with Gasteiger partial charge in [0.2, 0.25) is 0 Å². The molecule has 1 aromatic heterocycles. The van der Waals surface area contributed by atoms with Gasteiger partial charge in [-0.15, -0.1) is 15.6 Å². The minimum atomic E-state index is -5.12. The number of amides is 1. The van der Waals surface area contributed by atoms with Crippen molar-refractivity contribution in [2.75, 3.05) is 16.7 Å². The van der Waals surface area contributed by atoms with E-state index in [1.807, 2.05) is 32.7 Å². The molecule has 8 nitrogen and oxygen atoms in total. The average molecular weight is 599 g/mol. The molecule has 40 heavy (non-hydrogen) atoms. The normalized spacial score (nSPS) is 12.5. The number of nitrogens with one attached hydrogen (secondary N) is 1. The van der Waals surface area contributed by atoms with Gasteiger partial charge in [0, 0.05) is 35.3 Å². The highest BCUT2D eigenvalue weighted by Gasteiger charge is 2.39. The van der Waals surface area contributed by atoms with E-state index in [4.69, 9.17) is 4.74 Å². The Labute approximate surface area is 236 Å². The van der Waals surface area contributed by atoms with Crippen LogP contribution in [0.2, 0.25) is 0 Å². The Balaban J connectivity index is 1.93. The lowest BCUT2D eigenvalue weighted by Gasteiger charge is -2.32. The third-order valence-corrected chi connectivity index (χ3v) is 8.22. The number of thiazole rings is 1. The lowest BCUT2D eigenvalue weighted by atomic mass is 10.0. The molecule has 0 saturated carbocycles. The van der Waals surface area contributed by atoms with E-state index in [-0.39, 0.29) is 27.9 Å². The zero-order valence-electron chi connectivity index (χ0n) is 23.4. The van der Waals surface area contributed by atoms with Crippen LogP contribution in [-0.4, -0.2) is 42.6 Å². The number of rotatable bonds is 8. The molecule has 0 aliphatic carbocycles. The first-order chi connectivity index (χ1) is 18.4. The third kappa shape index (κ3) is 7.32. The van der Waals surface area contributed by atoms with Crippen LogP contribution in [0.1, 0.15) is 52.7 Å². The van der Waals surface area contributed by atoms with Crippen LogP contribution in [0.5, 0.6) is 0 Å². The number of anilines is 2. The van der Waals surface area contributed by atoms with Crippen LogP contribution in [0, 0.1) is 17.5 Å². The van der Waals surface area contributed by atoms with E-state index in [9.17, 15) is 17.6 Å². The van der Waals surface area contributed by atoms with Crippen molar-refractivity contribution >= 4 is 39.0 Å². The zero-order chi connectivity index (χ0) is 30.0. The first-order valence-electron chi connectivity index (χ1n) is 12.3. The number of carbonyl (C=O) groups excluding carboxylic acids is 1. The summed E-state index contributed by atoms with van der Waals surface area (Å²) in [5.74, 6) is -3.77. The Kier molecular flexibility index (Phi) is 9.22. The van der Waals surface area contributed by atoms with Crippen molar-refractivity contribution in [2.24, 2.45) is 0 Å². The first kappa shape index (κ1) is 31.4. The summed E-state index contributed by atoms with van der Waals surface area (Å²) in [5.41, 5.74) is 0.843. The van der Waals surface area contributed by atoms with Crippen LogP contribution < -0.4 is 9.62 Å². The summed E-state index contributed by atoms with van der Waals surface area (Å²) >= 11 is 0.981. The lowest BCUT2D eigenvalue weighted by molar-refractivity contribution is 0.0608. The Bertz CT molecular complexity index is 1440. The second-order valence-electron chi connectivity index (χ2n) is 11.1. The largest absolute Gasteiger partial charge is 0.443 e. The molecule has 3 aromatic rings. The quantitative estimate of drug-likeness (QED) is 0.315. The summed E-state index contributed by atoms with van der Waals surface area (Å²) in [6, 6.07) is 6.18. The highest BCUT2D eigenvalue weighted by molar-refractivity contribution is 7.93. The summed E-state index contributed by atoms with van der Waals surface area (Å²) in [6.45, 7) is 10.9. The standard InChI is InChI=1S/C27H33F3N4O4S2/c1-26(2,3)33(7)14-17-9-8-10-20(28)19(17)13-31-18-11-21(29)24(22(30)12-18)40(36,37)34(23-15-39-16-32-23)25(35)38-27(4,5)6/h8-12,15-16,31H,13-14H2,1-7H3. The fourth-order valence-electron chi connectivity index (χ4n) is 3.56. The Morgan fingerprint density at radius 2 is 1.68 bits per heavy atom. The smallest absolute Gasteiger partial charge is 0.430 e. The molecule has 1 heterocycles. The Morgan fingerprint density at radius 1 is 1.05 bits per heavy atom. The van der Waals surface area contributed by atoms with Crippen LogP contribution >= 0.6 is 11.3 Å². The summed E-state index contributed by atoms with van der Waals surface area (Å²) in [4.78, 5) is 17.3. The van der Waals surface area contributed by atoms with E-state index in [0.717, 1.165) is 23.5 Å². The van der Waals surface area contributed by atoms with E-state index < -0.39 is 44.1 Å². The highest BCUT2D eigenvalue weighted by Crippen LogP contribution is 2.31. The molecule has 1 N–H and O–H groups in total. The number of benzene rings is 2. The summed E-state index contributed by atoms with van der Waals surface area (Å²) in [6.07, 6.45) is -1.37. The molecule has 2 aromatic carbocycles. The Morgan fingerprint density at radius 3 is 2.20 bits per heavy atom. The van der Waals surface area contributed by atoms with Crippen LogP contribution in [0.15, 0.2) is 46.1 Å². The fraction of sp³-hybridized carbons (Fsp3) is 0.407. The van der Waals surface area contributed by atoms with Gasteiger partial charge in [-0.25, -0.2) is 31.4 Å². The number of nitrogens with zero attached hydrogens (tertiary/aromatic N) is 3. The molecule has 0 unspecified atom stereocenters. The average Bonchev–Trinajstić information content (AvgIpc) is 3.30. The van der Waals surface area contributed by atoms with Crippen molar-refractivity contribution in [3.63, 3.8) is 0 Å². The SMILES string of the molecule is CN(Cc1cccc(F)c1CNc1cc(F)c(S(=O)(=O)N(C(=O)OC(C)(C)C)c2cscn2)c(F)c1)C(C)(C)C. The number of hydrogen-bond donors (Lipinski definition) is 1. The van der Waals surface area contributed by atoms with E-state index >= 15 is 8.78 Å². The lowest BCUT2D eigenvalue weighted by Crippen LogP contribution is -2.41. The molecule has 0 bridgehead atoms. The van der Waals surface area contributed by atoms with Crippen molar-refractivity contribution < 1.29 is 31.1 Å². The van der Waals surface area contributed by atoms with E-state index in [1.54, 1.807) is 12.1 Å². The molecular formula is C27H33F3N4O4S2. The molecule has 0 aliphatic heterocycles. The van der Waals surface area contributed by atoms with Crippen molar-refractivity contribution in [3.05, 3.63) is 69.8 Å². The topological polar surface area (TPSA) is 91.8 Å². The van der Waals surface area contributed by atoms with Gasteiger partial charge < -0.3 is 10.1 Å². The van der Waals surface area contributed by atoms with Crippen molar-refractivity contribution in [3.8, 4) is 0 Å². The minimum absolute atomic E-state index is 0.117. The summed E-state index contributed by atoms with van der Waals surface area (Å²) in [5, 5.41) is 4.01. The van der Waals surface area contributed by atoms with Gasteiger partial charge in [0.1, 0.15) is 23.1 Å². The number of ether oxygens (including phenoxy) is 1. The number of hydrogen-bond acceptors (Lipinski definition) is 8. The molecule has 0 spiro atoms. The van der Waals surface area contributed by atoms with Gasteiger partial charge in [0.25, 0.3) is 10.0 Å². The highest BCUT2D eigenvalue weighted by atomic mass is 32.2. The second kappa shape index (κ2) is 11.8. The van der Waals surface area contributed by atoms with E-state index in [0.29, 0.717) is 17.7 Å². The van der Waals surface area contributed by atoms with Crippen molar-refractivity contribution in [1.29, 1.82) is 0 Å². The molecule has 0 fully saturated rings. The zero-order valence-corrected chi connectivity index (χ0v) is 25.0. The third-order valence-electron chi connectivity index (χ3n) is 5.92. The van der Waals surface area contributed by atoms with Gasteiger partial charge in [-0.1, -0.05) is 12.1 Å². The van der Waals surface area contributed by atoms with Gasteiger partial charge in [0.05, 0.1) is 5.51 Å². The second-order valence-corrected chi connectivity index (χ2v) is 13.6. The molecule has 0 radical (unpaired) electrons. The molecule has 1 amide bonds. The predicted octanol–water partition coefficient (Wildman–Crippen LogP) is 6.53. The molecule has 218 valence electrons.